The molecular formula is C15H16N2OS. The van der Waals surface area contributed by atoms with Gasteiger partial charge in [0.05, 0.1) is 6.21 Å². The largest absolute Gasteiger partial charge is 0.271 e. The van der Waals surface area contributed by atoms with Crippen LogP contribution in [0, 0.1) is 6.92 Å². The molecule has 0 unspecified atom stereocenters. The highest BCUT2D eigenvalue weighted by atomic mass is 32.1. The first-order valence-corrected chi connectivity index (χ1v) is 6.99. The maximum absolute atomic E-state index is 11.8. The van der Waals surface area contributed by atoms with Crippen molar-refractivity contribution in [3.63, 3.8) is 0 Å². The minimum atomic E-state index is -0.188. The summed E-state index contributed by atoms with van der Waals surface area (Å²) in [7, 11) is 0. The molecule has 0 aliphatic carbocycles. The van der Waals surface area contributed by atoms with E-state index in [4.69, 9.17) is 0 Å². The third kappa shape index (κ3) is 3.76. The van der Waals surface area contributed by atoms with E-state index in [0.29, 0.717) is 5.56 Å². The van der Waals surface area contributed by atoms with Gasteiger partial charge < -0.3 is 0 Å². The Morgan fingerprint density at radius 1 is 1.37 bits per heavy atom. The summed E-state index contributed by atoms with van der Waals surface area (Å²) >= 11 is 1.68. The molecule has 0 aliphatic rings. The summed E-state index contributed by atoms with van der Waals surface area (Å²) in [4.78, 5) is 14.2. The lowest BCUT2D eigenvalue weighted by Gasteiger charge is -2.00. The first kappa shape index (κ1) is 13.5. The molecule has 1 aromatic heterocycles. The van der Waals surface area contributed by atoms with Crippen molar-refractivity contribution in [2.75, 3.05) is 0 Å². The second kappa shape index (κ2) is 6.29. The van der Waals surface area contributed by atoms with Crippen LogP contribution in [0.4, 0.5) is 0 Å². The molecule has 4 heteroatoms. The van der Waals surface area contributed by atoms with Crippen molar-refractivity contribution in [2.45, 2.75) is 20.3 Å². The molecule has 98 valence electrons. The van der Waals surface area contributed by atoms with E-state index in [1.807, 2.05) is 31.2 Å². The fraction of sp³-hybridized carbons (Fsp3) is 0.200. The predicted molar refractivity (Wildman–Crippen MR) is 79.9 cm³/mol. The zero-order valence-electron chi connectivity index (χ0n) is 11.0. The lowest BCUT2D eigenvalue weighted by Crippen LogP contribution is -2.17. The summed E-state index contributed by atoms with van der Waals surface area (Å²) in [6.45, 7) is 4.07. The van der Waals surface area contributed by atoms with Gasteiger partial charge in [0.2, 0.25) is 0 Å². The van der Waals surface area contributed by atoms with Gasteiger partial charge in [-0.1, -0.05) is 24.6 Å². The van der Waals surface area contributed by atoms with E-state index >= 15 is 0 Å². The molecule has 1 N–H and O–H groups in total. The molecule has 0 atom stereocenters. The molecule has 0 radical (unpaired) electrons. The number of aryl methyl sites for hydroxylation is 2. The van der Waals surface area contributed by atoms with Gasteiger partial charge >= 0.3 is 0 Å². The lowest BCUT2D eigenvalue weighted by atomic mass is 10.1. The topological polar surface area (TPSA) is 41.5 Å². The molecular weight excluding hydrogens is 256 g/mol. The standard InChI is InChI=1S/C15H16N2OS/c1-3-13-7-8-14(19-13)10-16-17-15(18)12-6-4-5-11(2)9-12/h4-10H,3H2,1-2H3,(H,17,18). The molecule has 3 nitrogen and oxygen atoms in total. The fourth-order valence-electron chi connectivity index (χ4n) is 1.66. The quantitative estimate of drug-likeness (QED) is 0.673. The average Bonchev–Trinajstić information content (AvgIpc) is 2.86. The molecule has 0 spiro atoms. The Hall–Kier alpha value is -1.94. The van der Waals surface area contributed by atoms with Crippen LogP contribution in [0.5, 0.6) is 0 Å². The van der Waals surface area contributed by atoms with Crippen LogP contribution in [0.15, 0.2) is 41.5 Å². The van der Waals surface area contributed by atoms with Crippen molar-refractivity contribution in [2.24, 2.45) is 5.10 Å². The molecule has 0 aliphatic heterocycles. The number of nitrogens with zero attached hydrogens (tertiary/aromatic N) is 1. The molecule has 2 aromatic rings. The maximum Gasteiger partial charge on any atom is 0.271 e. The van der Waals surface area contributed by atoms with Crippen LogP contribution in [0.1, 0.15) is 32.6 Å². The number of amides is 1. The van der Waals surface area contributed by atoms with E-state index in [9.17, 15) is 4.79 Å². The van der Waals surface area contributed by atoms with E-state index in [1.165, 1.54) is 4.88 Å². The Balaban J connectivity index is 1.96. The average molecular weight is 272 g/mol. The number of nitrogens with one attached hydrogen (secondary N) is 1. The number of carbonyl (C=O) groups is 1. The van der Waals surface area contributed by atoms with Gasteiger partial charge in [-0.2, -0.15) is 5.10 Å². The summed E-state index contributed by atoms with van der Waals surface area (Å²) < 4.78 is 0. The summed E-state index contributed by atoms with van der Waals surface area (Å²) in [5.41, 5.74) is 4.22. The minimum absolute atomic E-state index is 0.188. The molecule has 0 bridgehead atoms. The van der Waals surface area contributed by atoms with Gasteiger partial charge in [0.1, 0.15) is 0 Å². The summed E-state index contributed by atoms with van der Waals surface area (Å²) in [6.07, 6.45) is 2.70. The normalized spacial score (nSPS) is 10.8. The first-order chi connectivity index (χ1) is 9.19. The Labute approximate surface area is 117 Å². The highest BCUT2D eigenvalue weighted by Gasteiger charge is 2.03. The van der Waals surface area contributed by atoms with Gasteiger partial charge in [0, 0.05) is 15.3 Å². The first-order valence-electron chi connectivity index (χ1n) is 6.18. The molecule has 1 heterocycles. The molecule has 2 rings (SSSR count). The Kier molecular flexibility index (Phi) is 4.47. The van der Waals surface area contributed by atoms with Gasteiger partial charge in [0.15, 0.2) is 0 Å². The maximum atomic E-state index is 11.8. The van der Waals surface area contributed by atoms with Crippen LogP contribution >= 0.6 is 11.3 Å². The Bertz CT molecular complexity index is 602. The van der Waals surface area contributed by atoms with Crippen LogP contribution in [0.3, 0.4) is 0 Å². The van der Waals surface area contributed by atoms with Gasteiger partial charge in [-0.15, -0.1) is 11.3 Å². The van der Waals surface area contributed by atoms with E-state index in [-0.39, 0.29) is 5.91 Å². The second-order valence-corrected chi connectivity index (χ2v) is 5.43. The molecule has 1 aromatic carbocycles. The van der Waals surface area contributed by atoms with Gasteiger partial charge in [-0.25, -0.2) is 5.43 Å². The molecule has 0 fully saturated rings. The van der Waals surface area contributed by atoms with Crippen LogP contribution in [0.2, 0.25) is 0 Å². The monoisotopic (exact) mass is 272 g/mol. The number of hydrazone groups is 1. The van der Waals surface area contributed by atoms with E-state index < -0.39 is 0 Å². The Morgan fingerprint density at radius 3 is 2.89 bits per heavy atom. The zero-order chi connectivity index (χ0) is 13.7. The summed E-state index contributed by atoms with van der Waals surface area (Å²) in [6, 6.07) is 11.5. The van der Waals surface area contributed by atoms with Crippen LogP contribution < -0.4 is 5.43 Å². The lowest BCUT2D eigenvalue weighted by molar-refractivity contribution is 0.0955. The van der Waals surface area contributed by atoms with E-state index in [0.717, 1.165) is 16.9 Å². The molecule has 1 amide bonds. The Morgan fingerprint density at radius 2 is 2.21 bits per heavy atom. The van der Waals surface area contributed by atoms with Crippen molar-refractivity contribution in [1.82, 2.24) is 5.43 Å². The summed E-state index contributed by atoms with van der Waals surface area (Å²) in [5.74, 6) is -0.188. The van der Waals surface area contributed by atoms with Crippen LogP contribution in [-0.4, -0.2) is 12.1 Å². The summed E-state index contributed by atoms with van der Waals surface area (Å²) in [5, 5.41) is 3.98. The van der Waals surface area contributed by atoms with E-state index in [1.54, 1.807) is 23.6 Å². The second-order valence-electron chi connectivity index (χ2n) is 4.23. The number of benzene rings is 1. The number of rotatable bonds is 4. The number of hydrogen-bond donors (Lipinski definition) is 1. The number of thiophene rings is 1. The van der Waals surface area contributed by atoms with Crippen molar-refractivity contribution < 1.29 is 4.79 Å². The molecule has 0 saturated heterocycles. The van der Waals surface area contributed by atoms with Crippen molar-refractivity contribution in [3.05, 3.63) is 57.3 Å². The SMILES string of the molecule is CCc1ccc(C=NNC(=O)c2cccc(C)c2)s1. The molecule has 0 saturated carbocycles. The van der Waals surface area contributed by atoms with Gasteiger partial charge in [-0.3, -0.25) is 4.79 Å². The smallest absolute Gasteiger partial charge is 0.267 e. The highest BCUT2D eigenvalue weighted by Crippen LogP contribution is 2.14. The van der Waals surface area contributed by atoms with Crippen molar-refractivity contribution in [3.8, 4) is 0 Å². The van der Waals surface area contributed by atoms with Crippen molar-refractivity contribution >= 4 is 23.5 Å². The van der Waals surface area contributed by atoms with E-state index in [2.05, 4.69) is 23.5 Å². The predicted octanol–water partition coefficient (Wildman–Crippen LogP) is 3.38. The van der Waals surface area contributed by atoms with Crippen LogP contribution in [-0.2, 0) is 6.42 Å². The van der Waals surface area contributed by atoms with Gasteiger partial charge in [-0.05, 0) is 37.6 Å². The number of hydrogen-bond acceptors (Lipinski definition) is 3. The fourth-order valence-corrected chi connectivity index (χ4v) is 2.48. The highest BCUT2D eigenvalue weighted by molar-refractivity contribution is 7.13. The number of carbonyl (C=O) groups excluding carboxylic acids is 1. The molecule has 19 heavy (non-hydrogen) atoms. The third-order valence-electron chi connectivity index (χ3n) is 2.67. The van der Waals surface area contributed by atoms with Crippen LogP contribution in [0.25, 0.3) is 0 Å². The zero-order valence-corrected chi connectivity index (χ0v) is 11.8. The van der Waals surface area contributed by atoms with Gasteiger partial charge in [0.25, 0.3) is 5.91 Å². The van der Waals surface area contributed by atoms with Crippen molar-refractivity contribution in [1.29, 1.82) is 0 Å². The third-order valence-corrected chi connectivity index (χ3v) is 3.83. The minimum Gasteiger partial charge on any atom is -0.267 e.